The number of hydrogen-bond acceptors (Lipinski definition) is 4. The van der Waals surface area contributed by atoms with Gasteiger partial charge in [0.25, 0.3) is 0 Å². The fourth-order valence-electron chi connectivity index (χ4n) is 2.45. The monoisotopic (exact) mass is 306 g/mol. The fraction of sp³-hybridized carbons (Fsp3) is 0.333. The minimum absolute atomic E-state index is 0.000180. The summed E-state index contributed by atoms with van der Waals surface area (Å²) in [7, 11) is 0. The zero-order valence-electron chi connectivity index (χ0n) is 11.4. The first-order valence-electron chi connectivity index (χ1n) is 6.49. The fourth-order valence-corrected chi connectivity index (χ4v) is 3.57. The zero-order valence-corrected chi connectivity index (χ0v) is 12.9. The molecule has 1 heterocycles. The molecular formula is C15H15ClN2OS. The van der Waals surface area contributed by atoms with Crippen molar-refractivity contribution < 1.29 is 4.79 Å². The number of para-hydroxylation sites is 1. The molecule has 5 heteroatoms. The predicted octanol–water partition coefficient (Wildman–Crippen LogP) is 4.70. The Kier molecular flexibility index (Phi) is 3.30. The largest absolute Gasteiger partial charge is 0.330 e. The molecule has 1 aliphatic rings. The highest BCUT2D eigenvalue weighted by molar-refractivity contribution is 7.17. The van der Waals surface area contributed by atoms with Crippen molar-refractivity contribution in [2.45, 2.75) is 26.7 Å². The number of thiazole rings is 1. The molecule has 0 unspecified atom stereocenters. The molecule has 0 spiro atoms. The maximum Gasteiger partial charge on any atom is 0.188 e. The Morgan fingerprint density at radius 2 is 2.05 bits per heavy atom. The van der Waals surface area contributed by atoms with Crippen LogP contribution < -0.4 is 5.32 Å². The number of Topliss-reactive ketones (excluding diaryl/α,β-unsaturated/α-hetero) is 1. The van der Waals surface area contributed by atoms with Crippen molar-refractivity contribution in [1.29, 1.82) is 0 Å². The topological polar surface area (TPSA) is 42.0 Å². The van der Waals surface area contributed by atoms with Gasteiger partial charge in [-0.1, -0.05) is 48.9 Å². The smallest absolute Gasteiger partial charge is 0.188 e. The Hall–Kier alpha value is -1.39. The SMILES string of the molecule is CC1(C)CC(=O)c2sc(Nc3ccccc3Cl)nc2C1. The number of carbonyl (C=O) groups is 1. The number of fused-ring (bicyclic) bond motifs is 1. The maximum absolute atomic E-state index is 12.2. The van der Waals surface area contributed by atoms with Crippen LogP contribution in [0, 0.1) is 5.41 Å². The first kappa shape index (κ1) is 13.6. The van der Waals surface area contributed by atoms with Gasteiger partial charge in [0.1, 0.15) is 0 Å². The van der Waals surface area contributed by atoms with Crippen LogP contribution in [0.1, 0.15) is 35.6 Å². The summed E-state index contributed by atoms with van der Waals surface area (Å²) < 4.78 is 0. The van der Waals surface area contributed by atoms with E-state index in [0.717, 1.165) is 27.8 Å². The van der Waals surface area contributed by atoms with E-state index >= 15 is 0 Å². The summed E-state index contributed by atoms with van der Waals surface area (Å²) in [5, 5.41) is 4.58. The van der Waals surface area contributed by atoms with Crippen LogP contribution in [0.5, 0.6) is 0 Å². The molecule has 3 nitrogen and oxygen atoms in total. The third-order valence-electron chi connectivity index (χ3n) is 3.35. The molecule has 0 radical (unpaired) electrons. The minimum atomic E-state index is -0.000180. The number of nitrogens with zero attached hydrogens (tertiary/aromatic N) is 1. The van der Waals surface area contributed by atoms with Crippen LogP contribution in [0.15, 0.2) is 24.3 Å². The lowest BCUT2D eigenvalue weighted by molar-refractivity contribution is 0.0916. The number of ketones is 1. The molecule has 0 fully saturated rings. The number of carbonyl (C=O) groups excluding carboxylic acids is 1. The quantitative estimate of drug-likeness (QED) is 0.874. The van der Waals surface area contributed by atoms with Crippen LogP contribution in [0.3, 0.4) is 0 Å². The van der Waals surface area contributed by atoms with Gasteiger partial charge in [0.15, 0.2) is 10.9 Å². The Morgan fingerprint density at radius 3 is 2.80 bits per heavy atom. The van der Waals surface area contributed by atoms with Gasteiger partial charge in [-0.2, -0.15) is 0 Å². The maximum atomic E-state index is 12.2. The van der Waals surface area contributed by atoms with Gasteiger partial charge in [-0.05, 0) is 24.0 Å². The van der Waals surface area contributed by atoms with E-state index in [0.29, 0.717) is 11.4 Å². The van der Waals surface area contributed by atoms with Crippen molar-refractivity contribution in [2.24, 2.45) is 5.41 Å². The van der Waals surface area contributed by atoms with Crippen molar-refractivity contribution in [3.05, 3.63) is 39.9 Å². The second kappa shape index (κ2) is 4.86. The summed E-state index contributed by atoms with van der Waals surface area (Å²) in [6.45, 7) is 4.21. The van der Waals surface area contributed by atoms with E-state index in [1.54, 1.807) is 0 Å². The molecule has 0 amide bonds. The molecule has 1 aromatic heterocycles. The normalized spacial score (nSPS) is 16.9. The van der Waals surface area contributed by atoms with Gasteiger partial charge >= 0.3 is 0 Å². The van der Waals surface area contributed by atoms with E-state index in [9.17, 15) is 4.79 Å². The summed E-state index contributed by atoms with van der Waals surface area (Å²) in [6.07, 6.45) is 1.43. The molecule has 20 heavy (non-hydrogen) atoms. The van der Waals surface area contributed by atoms with Crippen molar-refractivity contribution in [2.75, 3.05) is 5.32 Å². The molecule has 0 bridgehead atoms. The van der Waals surface area contributed by atoms with Crippen molar-refractivity contribution in [3.8, 4) is 0 Å². The van der Waals surface area contributed by atoms with Crippen LogP contribution >= 0.6 is 22.9 Å². The highest BCUT2D eigenvalue weighted by Crippen LogP contribution is 2.39. The highest BCUT2D eigenvalue weighted by Gasteiger charge is 2.33. The van der Waals surface area contributed by atoms with Crippen molar-refractivity contribution in [3.63, 3.8) is 0 Å². The minimum Gasteiger partial charge on any atom is -0.330 e. The van der Waals surface area contributed by atoms with E-state index in [1.165, 1.54) is 11.3 Å². The Morgan fingerprint density at radius 1 is 1.30 bits per heavy atom. The Balaban J connectivity index is 1.91. The molecule has 104 valence electrons. The second-order valence-corrected chi connectivity index (χ2v) is 7.25. The number of aromatic nitrogens is 1. The van der Waals surface area contributed by atoms with Crippen molar-refractivity contribution in [1.82, 2.24) is 4.98 Å². The van der Waals surface area contributed by atoms with Crippen LogP contribution in [0.25, 0.3) is 0 Å². The molecular weight excluding hydrogens is 292 g/mol. The molecule has 0 saturated carbocycles. The van der Waals surface area contributed by atoms with Gasteiger partial charge < -0.3 is 5.32 Å². The molecule has 1 aromatic carbocycles. The van der Waals surface area contributed by atoms with E-state index in [1.807, 2.05) is 24.3 Å². The molecule has 1 N–H and O–H groups in total. The number of rotatable bonds is 2. The van der Waals surface area contributed by atoms with Crippen LogP contribution in [-0.2, 0) is 6.42 Å². The number of benzene rings is 1. The first-order valence-corrected chi connectivity index (χ1v) is 7.68. The van der Waals surface area contributed by atoms with Crippen LogP contribution in [0.2, 0.25) is 5.02 Å². The Bertz CT molecular complexity index is 678. The summed E-state index contributed by atoms with van der Waals surface area (Å²) >= 11 is 7.54. The lowest BCUT2D eigenvalue weighted by Gasteiger charge is -2.26. The summed E-state index contributed by atoms with van der Waals surface area (Å²) in [4.78, 5) is 17.5. The standard InChI is InChI=1S/C15H15ClN2OS/c1-15(2)7-11-13(12(19)8-15)20-14(18-11)17-10-6-4-3-5-9(10)16/h3-6H,7-8H2,1-2H3,(H,17,18). The molecule has 0 saturated heterocycles. The van der Waals surface area contributed by atoms with Crippen LogP contribution in [-0.4, -0.2) is 10.8 Å². The van der Waals surface area contributed by atoms with Crippen molar-refractivity contribution >= 4 is 39.5 Å². The van der Waals surface area contributed by atoms with E-state index in [-0.39, 0.29) is 11.2 Å². The molecule has 3 rings (SSSR count). The average Bonchev–Trinajstić information content (AvgIpc) is 2.73. The molecule has 2 aromatic rings. The summed E-state index contributed by atoms with van der Waals surface area (Å²) in [5.74, 6) is 0.195. The highest BCUT2D eigenvalue weighted by atomic mass is 35.5. The summed E-state index contributed by atoms with van der Waals surface area (Å²) in [5.41, 5.74) is 1.72. The van der Waals surface area contributed by atoms with E-state index in [2.05, 4.69) is 24.1 Å². The zero-order chi connectivity index (χ0) is 14.3. The second-order valence-electron chi connectivity index (χ2n) is 5.84. The number of nitrogens with one attached hydrogen (secondary N) is 1. The van der Waals surface area contributed by atoms with Gasteiger partial charge in [-0.25, -0.2) is 4.98 Å². The number of anilines is 2. The molecule has 0 aliphatic heterocycles. The molecule has 1 aliphatic carbocycles. The first-order chi connectivity index (χ1) is 9.44. The lowest BCUT2D eigenvalue weighted by atomic mass is 9.78. The third-order valence-corrected chi connectivity index (χ3v) is 4.73. The van der Waals surface area contributed by atoms with Gasteiger partial charge in [0.05, 0.1) is 21.3 Å². The average molecular weight is 307 g/mol. The predicted molar refractivity (Wildman–Crippen MR) is 83.3 cm³/mol. The number of hydrogen-bond donors (Lipinski definition) is 1. The van der Waals surface area contributed by atoms with Gasteiger partial charge in [-0.3, -0.25) is 4.79 Å². The van der Waals surface area contributed by atoms with Gasteiger partial charge in [0.2, 0.25) is 0 Å². The summed E-state index contributed by atoms with van der Waals surface area (Å²) in [6, 6.07) is 7.52. The lowest BCUT2D eigenvalue weighted by Crippen LogP contribution is -2.25. The van der Waals surface area contributed by atoms with Gasteiger partial charge in [0, 0.05) is 6.42 Å². The Labute approximate surface area is 127 Å². The third kappa shape index (κ3) is 2.58. The molecule has 0 atom stereocenters. The van der Waals surface area contributed by atoms with Crippen LogP contribution in [0.4, 0.5) is 10.8 Å². The van der Waals surface area contributed by atoms with Gasteiger partial charge in [-0.15, -0.1) is 0 Å². The number of halogens is 1. The van der Waals surface area contributed by atoms with E-state index in [4.69, 9.17) is 11.6 Å². The van der Waals surface area contributed by atoms with E-state index < -0.39 is 0 Å².